The van der Waals surface area contributed by atoms with Crippen LogP contribution in [0.5, 0.6) is 0 Å². The molecule has 4 heteroatoms. The molecule has 0 bridgehead atoms. The molecule has 0 atom stereocenters. The first-order chi connectivity index (χ1) is 8.59. The van der Waals surface area contributed by atoms with E-state index in [9.17, 15) is 0 Å². The van der Waals surface area contributed by atoms with Crippen LogP contribution in [-0.2, 0) is 21.7 Å². The van der Waals surface area contributed by atoms with Gasteiger partial charge in [-0.3, -0.25) is 0 Å². The summed E-state index contributed by atoms with van der Waals surface area (Å²) in [5.74, 6) is 0. The van der Waals surface area contributed by atoms with Gasteiger partial charge in [-0.2, -0.15) is 24.6 Å². The fourth-order valence-corrected chi connectivity index (χ4v) is 0.478. The Balaban J connectivity index is -0.0000000881. The van der Waals surface area contributed by atoms with Crippen molar-refractivity contribution >= 4 is 0 Å². The molecule has 1 rings (SSSR count). The molecule has 0 aliphatic heterocycles. The molecule has 0 saturated heterocycles. The number of hydrogen-bond acceptors (Lipinski definition) is 3. The van der Waals surface area contributed by atoms with Crippen LogP contribution in [0.25, 0.3) is 0 Å². The van der Waals surface area contributed by atoms with Crippen LogP contribution in [0.4, 0.5) is 0 Å². The van der Waals surface area contributed by atoms with Crippen LogP contribution in [0.2, 0.25) is 0 Å². The van der Waals surface area contributed by atoms with Crippen molar-refractivity contribution in [2.45, 2.75) is 59.9 Å². The molecule has 0 aliphatic rings. The van der Waals surface area contributed by atoms with Crippen molar-refractivity contribution in [1.82, 2.24) is 0 Å². The third-order valence-electron chi connectivity index (χ3n) is 0.843. The van der Waals surface area contributed by atoms with Crippen LogP contribution < -0.4 is 0 Å². The standard InChI is InChI=1S/C7H7.3C3H8O.Ti/c1-7-5-3-2-4-6-7;3*1-3(2)4;/h2-6H,1H2;3*3-4H,1-2H3;/q-1;;;;. The Morgan fingerprint density at radius 1 is 0.700 bits per heavy atom. The monoisotopic (exact) mass is 319 g/mol. The zero-order valence-corrected chi connectivity index (χ0v) is 15.2. The van der Waals surface area contributed by atoms with E-state index in [-0.39, 0.29) is 40.0 Å². The van der Waals surface area contributed by atoms with E-state index in [1.807, 2.05) is 30.3 Å². The van der Waals surface area contributed by atoms with Crippen molar-refractivity contribution in [2.75, 3.05) is 0 Å². The van der Waals surface area contributed by atoms with Crippen LogP contribution >= 0.6 is 0 Å². The van der Waals surface area contributed by atoms with Gasteiger partial charge in [0.05, 0.1) is 0 Å². The van der Waals surface area contributed by atoms with Gasteiger partial charge >= 0.3 is 0 Å². The fourth-order valence-electron chi connectivity index (χ4n) is 0.478. The quantitative estimate of drug-likeness (QED) is 0.509. The normalized spacial score (nSPS) is 8.40. The van der Waals surface area contributed by atoms with E-state index in [0.717, 1.165) is 5.56 Å². The number of aliphatic hydroxyl groups excluding tert-OH is 3. The zero-order chi connectivity index (χ0) is 15.8. The van der Waals surface area contributed by atoms with Gasteiger partial charge in [0.2, 0.25) is 0 Å². The van der Waals surface area contributed by atoms with E-state index in [2.05, 4.69) is 6.92 Å². The first kappa shape index (κ1) is 27.9. The summed E-state index contributed by atoms with van der Waals surface area (Å²) in [7, 11) is 0. The Morgan fingerprint density at radius 3 is 1.00 bits per heavy atom. The first-order valence-corrected chi connectivity index (χ1v) is 6.50. The van der Waals surface area contributed by atoms with Crippen molar-refractivity contribution in [2.24, 2.45) is 0 Å². The van der Waals surface area contributed by atoms with E-state index in [4.69, 9.17) is 15.3 Å². The molecular weight excluding hydrogens is 288 g/mol. The molecule has 0 fully saturated rings. The molecule has 0 aliphatic carbocycles. The molecule has 0 amide bonds. The molecule has 3 nitrogen and oxygen atoms in total. The molecule has 0 unspecified atom stereocenters. The van der Waals surface area contributed by atoms with Crippen LogP contribution in [0.1, 0.15) is 47.1 Å². The summed E-state index contributed by atoms with van der Waals surface area (Å²) in [5.41, 5.74) is 1.07. The van der Waals surface area contributed by atoms with Crippen LogP contribution in [0.15, 0.2) is 30.3 Å². The van der Waals surface area contributed by atoms with Crippen molar-refractivity contribution in [3.63, 3.8) is 0 Å². The summed E-state index contributed by atoms with van der Waals surface area (Å²) in [6.07, 6.45) is -0.500. The van der Waals surface area contributed by atoms with Gasteiger partial charge in [-0.1, -0.05) is 6.07 Å². The SMILES string of the molecule is CC(C)O.CC(C)O.CC(C)O.[CH2-]c1ccccc1.[Ti]. The van der Waals surface area contributed by atoms with Gasteiger partial charge in [0.25, 0.3) is 0 Å². The minimum Gasteiger partial charge on any atom is -0.394 e. The van der Waals surface area contributed by atoms with E-state index in [1.165, 1.54) is 0 Å². The smallest absolute Gasteiger partial charge is 0.0483 e. The average molecular weight is 319 g/mol. The number of aliphatic hydroxyl groups is 3. The third kappa shape index (κ3) is 83.4. The fraction of sp³-hybridized carbons (Fsp3) is 0.562. The number of rotatable bonds is 0. The molecule has 0 aromatic heterocycles. The van der Waals surface area contributed by atoms with E-state index in [0.29, 0.717) is 0 Å². The Hall–Kier alpha value is -0.316. The maximum Gasteiger partial charge on any atom is 0.0483 e. The van der Waals surface area contributed by atoms with Crippen molar-refractivity contribution in [3.05, 3.63) is 42.8 Å². The first-order valence-electron chi connectivity index (χ1n) is 6.50. The summed E-state index contributed by atoms with van der Waals surface area (Å²) in [6, 6.07) is 9.87. The van der Waals surface area contributed by atoms with Crippen LogP contribution in [-0.4, -0.2) is 33.6 Å². The van der Waals surface area contributed by atoms with Gasteiger partial charge < -0.3 is 15.3 Å². The van der Waals surface area contributed by atoms with Crippen LogP contribution in [0.3, 0.4) is 0 Å². The predicted octanol–water partition coefficient (Wildman–Crippen LogP) is 3.03. The Bertz CT molecular complexity index is 227. The van der Waals surface area contributed by atoms with E-state index >= 15 is 0 Å². The molecule has 0 heterocycles. The largest absolute Gasteiger partial charge is 0.394 e. The third-order valence-corrected chi connectivity index (χ3v) is 0.843. The van der Waals surface area contributed by atoms with Gasteiger partial charge in [-0.25, -0.2) is 0 Å². The van der Waals surface area contributed by atoms with Crippen molar-refractivity contribution in [3.8, 4) is 0 Å². The summed E-state index contributed by atoms with van der Waals surface area (Å²) in [4.78, 5) is 0. The van der Waals surface area contributed by atoms with Gasteiger partial charge in [0, 0.05) is 40.0 Å². The second kappa shape index (κ2) is 21.0. The maximum absolute atomic E-state index is 8.06. The molecule has 0 spiro atoms. The Kier molecular flexibility index (Phi) is 29.3. The van der Waals surface area contributed by atoms with Gasteiger partial charge in [0.1, 0.15) is 0 Å². The number of benzene rings is 1. The zero-order valence-electron chi connectivity index (χ0n) is 13.7. The molecule has 118 valence electrons. The molecule has 0 radical (unpaired) electrons. The molecular formula is C16H31O3Ti-. The minimum absolute atomic E-state index is 0. The molecule has 20 heavy (non-hydrogen) atoms. The minimum atomic E-state index is -0.167. The van der Waals surface area contributed by atoms with E-state index < -0.39 is 0 Å². The second-order valence-corrected chi connectivity index (χ2v) is 4.77. The Labute approximate surface area is 139 Å². The van der Waals surface area contributed by atoms with Gasteiger partial charge in [-0.05, 0) is 41.5 Å². The summed E-state index contributed by atoms with van der Waals surface area (Å²) in [6.45, 7) is 14.1. The maximum atomic E-state index is 8.06. The van der Waals surface area contributed by atoms with Crippen molar-refractivity contribution < 1.29 is 37.0 Å². The van der Waals surface area contributed by atoms with Gasteiger partial charge in [0.15, 0.2) is 0 Å². The van der Waals surface area contributed by atoms with Crippen molar-refractivity contribution in [1.29, 1.82) is 0 Å². The molecule has 1 aromatic carbocycles. The summed E-state index contributed by atoms with van der Waals surface area (Å²) < 4.78 is 0. The second-order valence-electron chi connectivity index (χ2n) is 4.77. The average Bonchev–Trinajstić information content (AvgIpc) is 2.15. The molecule has 1 aromatic rings. The number of hydrogen-bond donors (Lipinski definition) is 3. The molecule has 3 N–H and O–H groups in total. The van der Waals surface area contributed by atoms with Gasteiger partial charge in [-0.15, -0.1) is 12.1 Å². The van der Waals surface area contributed by atoms with E-state index in [1.54, 1.807) is 41.5 Å². The summed E-state index contributed by atoms with van der Waals surface area (Å²) in [5, 5.41) is 24.2. The Morgan fingerprint density at radius 2 is 0.900 bits per heavy atom. The summed E-state index contributed by atoms with van der Waals surface area (Å²) >= 11 is 0. The van der Waals surface area contributed by atoms with Crippen LogP contribution in [0, 0.1) is 6.92 Å². The topological polar surface area (TPSA) is 60.7 Å². The predicted molar refractivity (Wildman–Crippen MR) is 83.0 cm³/mol. The molecule has 0 saturated carbocycles.